The van der Waals surface area contributed by atoms with Gasteiger partial charge in [-0.05, 0) is 31.2 Å². The molecule has 0 unspecified atom stereocenters. The second-order valence-corrected chi connectivity index (χ2v) is 5.17. The van der Waals surface area contributed by atoms with Crippen molar-refractivity contribution in [3.05, 3.63) is 65.3 Å². The fraction of sp³-hybridized carbons (Fsp3) is 0.118. The molecule has 0 bridgehead atoms. The fourth-order valence-electron chi connectivity index (χ4n) is 2.23. The van der Waals surface area contributed by atoms with Crippen molar-refractivity contribution in [2.75, 3.05) is 0 Å². The molecule has 3 aromatic rings. The van der Waals surface area contributed by atoms with Crippen molar-refractivity contribution in [3.8, 4) is 11.6 Å². The van der Waals surface area contributed by atoms with Gasteiger partial charge in [0, 0.05) is 27.6 Å². The van der Waals surface area contributed by atoms with Crippen LogP contribution in [0.5, 0.6) is 11.6 Å². The van der Waals surface area contributed by atoms with Gasteiger partial charge < -0.3 is 9.84 Å². The third kappa shape index (κ3) is 2.71. The molecule has 0 amide bonds. The van der Waals surface area contributed by atoms with E-state index in [4.69, 9.17) is 16.3 Å². The second kappa shape index (κ2) is 5.72. The molecule has 0 aliphatic rings. The zero-order chi connectivity index (χ0) is 14.8. The van der Waals surface area contributed by atoms with Crippen molar-refractivity contribution < 1.29 is 9.84 Å². The first-order chi connectivity index (χ1) is 10.2. The highest BCUT2D eigenvalue weighted by Crippen LogP contribution is 2.35. The van der Waals surface area contributed by atoms with Gasteiger partial charge >= 0.3 is 0 Å². The zero-order valence-corrected chi connectivity index (χ0v) is 12.2. The van der Waals surface area contributed by atoms with Crippen LogP contribution in [0.3, 0.4) is 0 Å². The van der Waals surface area contributed by atoms with Crippen molar-refractivity contribution in [2.24, 2.45) is 0 Å². The van der Waals surface area contributed by atoms with Gasteiger partial charge in [-0.3, -0.25) is 0 Å². The summed E-state index contributed by atoms with van der Waals surface area (Å²) in [5, 5.41) is 12.3. The van der Waals surface area contributed by atoms with Crippen LogP contribution in [0.15, 0.2) is 54.7 Å². The average Bonchev–Trinajstić information content (AvgIpc) is 2.51. The Bertz CT molecular complexity index is 787. The molecule has 0 radical (unpaired) electrons. The number of pyridine rings is 1. The van der Waals surface area contributed by atoms with Gasteiger partial charge in [-0.1, -0.05) is 35.9 Å². The van der Waals surface area contributed by atoms with Gasteiger partial charge in [0.05, 0.1) is 6.10 Å². The molecule has 0 aliphatic carbocycles. The third-order valence-corrected chi connectivity index (χ3v) is 3.62. The quantitative estimate of drug-likeness (QED) is 0.760. The van der Waals surface area contributed by atoms with Gasteiger partial charge in [0.1, 0.15) is 5.75 Å². The molecule has 0 fully saturated rings. The second-order valence-electron chi connectivity index (χ2n) is 4.77. The van der Waals surface area contributed by atoms with Crippen LogP contribution < -0.4 is 4.74 Å². The van der Waals surface area contributed by atoms with Crippen molar-refractivity contribution in [1.82, 2.24) is 4.98 Å². The molecule has 0 saturated heterocycles. The van der Waals surface area contributed by atoms with E-state index in [1.54, 1.807) is 31.3 Å². The Morgan fingerprint density at radius 2 is 1.81 bits per heavy atom. The van der Waals surface area contributed by atoms with E-state index in [2.05, 4.69) is 4.98 Å². The largest absolute Gasteiger partial charge is 0.438 e. The van der Waals surface area contributed by atoms with Gasteiger partial charge in [-0.2, -0.15) is 0 Å². The summed E-state index contributed by atoms with van der Waals surface area (Å²) in [6.07, 6.45) is 0.992. The Morgan fingerprint density at radius 1 is 1.05 bits per heavy atom. The van der Waals surface area contributed by atoms with E-state index < -0.39 is 6.10 Å². The van der Waals surface area contributed by atoms with E-state index in [0.717, 1.165) is 10.8 Å². The number of halogens is 1. The number of nitrogens with zero attached hydrogens (tertiary/aromatic N) is 1. The van der Waals surface area contributed by atoms with Crippen molar-refractivity contribution in [2.45, 2.75) is 13.0 Å². The number of aliphatic hydroxyl groups is 1. The first-order valence-electron chi connectivity index (χ1n) is 6.65. The van der Waals surface area contributed by atoms with Gasteiger partial charge in [0.15, 0.2) is 0 Å². The van der Waals surface area contributed by atoms with Gasteiger partial charge in [-0.25, -0.2) is 4.98 Å². The number of aliphatic hydroxyl groups excluding tert-OH is 1. The monoisotopic (exact) mass is 299 g/mol. The van der Waals surface area contributed by atoms with Crippen LogP contribution in [0, 0.1) is 0 Å². The lowest BCUT2D eigenvalue weighted by Crippen LogP contribution is -1.98. The summed E-state index contributed by atoms with van der Waals surface area (Å²) in [5.74, 6) is 1.07. The van der Waals surface area contributed by atoms with Crippen molar-refractivity contribution in [1.29, 1.82) is 0 Å². The summed E-state index contributed by atoms with van der Waals surface area (Å²) in [6, 6.07) is 14.9. The highest BCUT2D eigenvalue weighted by Gasteiger charge is 2.13. The molecule has 1 aromatic heterocycles. The number of aromatic nitrogens is 1. The SMILES string of the molecule is C[C@H](O)c1cccnc1Oc1ccc(Cl)c2ccccc12. The van der Waals surface area contributed by atoms with Crippen LogP contribution in [-0.2, 0) is 0 Å². The van der Waals surface area contributed by atoms with E-state index in [-0.39, 0.29) is 0 Å². The Labute approximate surface area is 127 Å². The van der Waals surface area contributed by atoms with Crippen LogP contribution in [0.25, 0.3) is 10.8 Å². The predicted octanol–water partition coefficient (Wildman–Crippen LogP) is 4.73. The van der Waals surface area contributed by atoms with Crippen molar-refractivity contribution >= 4 is 22.4 Å². The number of hydrogen-bond donors (Lipinski definition) is 1. The molecule has 21 heavy (non-hydrogen) atoms. The van der Waals surface area contributed by atoms with Crippen molar-refractivity contribution in [3.63, 3.8) is 0 Å². The fourth-order valence-corrected chi connectivity index (χ4v) is 2.46. The van der Waals surface area contributed by atoms with E-state index in [1.165, 1.54) is 0 Å². The van der Waals surface area contributed by atoms with Crippen LogP contribution in [-0.4, -0.2) is 10.1 Å². The Morgan fingerprint density at radius 3 is 2.57 bits per heavy atom. The molecule has 0 saturated carbocycles. The molecule has 3 nitrogen and oxygen atoms in total. The highest BCUT2D eigenvalue weighted by molar-refractivity contribution is 6.35. The number of hydrogen-bond acceptors (Lipinski definition) is 3. The Kier molecular flexibility index (Phi) is 3.78. The van der Waals surface area contributed by atoms with Crippen LogP contribution in [0.2, 0.25) is 5.02 Å². The normalized spacial score (nSPS) is 12.3. The maximum absolute atomic E-state index is 9.80. The first kappa shape index (κ1) is 13.9. The lowest BCUT2D eigenvalue weighted by atomic mass is 10.1. The number of ether oxygens (including phenoxy) is 1. The maximum atomic E-state index is 9.80. The summed E-state index contributed by atoms with van der Waals surface area (Å²) < 4.78 is 5.91. The molecule has 4 heteroatoms. The smallest absolute Gasteiger partial charge is 0.225 e. The van der Waals surface area contributed by atoms with E-state index >= 15 is 0 Å². The lowest BCUT2D eigenvalue weighted by Gasteiger charge is -2.13. The highest BCUT2D eigenvalue weighted by atomic mass is 35.5. The zero-order valence-electron chi connectivity index (χ0n) is 11.5. The minimum absolute atomic E-state index is 0.403. The summed E-state index contributed by atoms with van der Waals surface area (Å²) in [5.41, 5.74) is 0.650. The predicted molar refractivity (Wildman–Crippen MR) is 83.9 cm³/mol. The van der Waals surface area contributed by atoms with Crippen LogP contribution in [0.4, 0.5) is 0 Å². The number of rotatable bonds is 3. The molecular weight excluding hydrogens is 286 g/mol. The van der Waals surface area contributed by atoms with Gasteiger partial charge in [-0.15, -0.1) is 0 Å². The topological polar surface area (TPSA) is 42.4 Å². The number of benzene rings is 2. The average molecular weight is 300 g/mol. The summed E-state index contributed by atoms with van der Waals surface area (Å²) in [6.45, 7) is 1.68. The molecule has 2 aromatic carbocycles. The molecule has 3 rings (SSSR count). The molecular formula is C17H14ClNO2. The molecule has 0 aliphatic heterocycles. The van der Waals surface area contributed by atoms with Gasteiger partial charge in [0.2, 0.25) is 5.88 Å². The molecule has 1 atom stereocenters. The first-order valence-corrected chi connectivity index (χ1v) is 7.02. The molecule has 0 spiro atoms. The van der Waals surface area contributed by atoms with E-state index in [1.807, 2.05) is 30.3 Å². The molecule has 1 heterocycles. The Balaban J connectivity index is 2.09. The minimum Gasteiger partial charge on any atom is -0.438 e. The summed E-state index contributed by atoms with van der Waals surface area (Å²) in [7, 11) is 0. The van der Waals surface area contributed by atoms with E-state index in [0.29, 0.717) is 22.2 Å². The molecule has 1 N–H and O–H groups in total. The van der Waals surface area contributed by atoms with E-state index in [9.17, 15) is 5.11 Å². The summed E-state index contributed by atoms with van der Waals surface area (Å²) in [4.78, 5) is 4.21. The molecule has 106 valence electrons. The number of fused-ring (bicyclic) bond motifs is 1. The van der Waals surface area contributed by atoms with Crippen LogP contribution in [0.1, 0.15) is 18.6 Å². The maximum Gasteiger partial charge on any atom is 0.225 e. The third-order valence-electron chi connectivity index (χ3n) is 3.29. The standard InChI is InChI=1S/C17H14ClNO2/c1-11(20)12-7-4-10-19-17(12)21-16-9-8-15(18)13-5-2-3-6-14(13)16/h2-11,20H,1H3/t11-/m0/s1. The lowest BCUT2D eigenvalue weighted by molar-refractivity contribution is 0.194. The van der Waals surface area contributed by atoms with Crippen LogP contribution >= 0.6 is 11.6 Å². The van der Waals surface area contributed by atoms with Gasteiger partial charge in [0.25, 0.3) is 0 Å². The Hall–Kier alpha value is -2.10. The summed E-state index contributed by atoms with van der Waals surface area (Å²) >= 11 is 6.20. The minimum atomic E-state index is -0.646.